The van der Waals surface area contributed by atoms with Crippen LogP contribution in [0, 0.1) is 11.3 Å². The maximum Gasteiger partial charge on any atom is 0.227 e. The summed E-state index contributed by atoms with van der Waals surface area (Å²) < 4.78 is 0. The molecule has 0 N–H and O–H groups in total. The molecule has 0 radical (unpaired) electrons. The first-order chi connectivity index (χ1) is 12.3. The summed E-state index contributed by atoms with van der Waals surface area (Å²) in [6, 6.07) is 21.9. The summed E-state index contributed by atoms with van der Waals surface area (Å²) in [5.41, 5.74) is 1.80. The highest BCUT2D eigenvalue weighted by molar-refractivity contribution is 5.85. The Labute approximate surface area is 147 Å². The highest BCUT2D eigenvalue weighted by atomic mass is 16.2. The Kier molecular flexibility index (Phi) is 5.38. The molecule has 3 rings (SSSR count). The Balaban J connectivity index is 1.75. The minimum atomic E-state index is 0.0104. The number of fused-ring (bicyclic) bond motifs is 1. The summed E-state index contributed by atoms with van der Waals surface area (Å²) >= 11 is 0. The maximum atomic E-state index is 12.7. The van der Waals surface area contributed by atoms with Gasteiger partial charge in [-0.3, -0.25) is 9.78 Å². The van der Waals surface area contributed by atoms with E-state index in [4.69, 9.17) is 5.26 Å². The normalized spacial score (nSPS) is 10.4. The van der Waals surface area contributed by atoms with E-state index in [9.17, 15) is 4.79 Å². The molecule has 0 unspecified atom stereocenters. The third-order valence-electron chi connectivity index (χ3n) is 4.09. The van der Waals surface area contributed by atoms with E-state index in [2.05, 4.69) is 23.2 Å². The van der Waals surface area contributed by atoms with Gasteiger partial charge in [0.15, 0.2) is 0 Å². The zero-order chi connectivity index (χ0) is 17.5. The van der Waals surface area contributed by atoms with Crippen molar-refractivity contribution in [2.75, 3.05) is 6.54 Å². The molecular weight excluding hydrogens is 310 g/mol. The zero-order valence-electron chi connectivity index (χ0n) is 13.9. The monoisotopic (exact) mass is 329 g/mol. The van der Waals surface area contributed by atoms with E-state index in [0.29, 0.717) is 25.9 Å². The second-order valence-electron chi connectivity index (χ2n) is 5.90. The molecule has 0 saturated carbocycles. The van der Waals surface area contributed by atoms with Crippen molar-refractivity contribution in [3.8, 4) is 6.07 Å². The fraction of sp³-hybridized carbons (Fsp3) is 0.190. The van der Waals surface area contributed by atoms with Crippen LogP contribution in [-0.4, -0.2) is 22.3 Å². The van der Waals surface area contributed by atoms with E-state index < -0.39 is 0 Å². The van der Waals surface area contributed by atoms with Gasteiger partial charge in [-0.1, -0.05) is 48.5 Å². The Hall–Kier alpha value is -3.19. The van der Waals surface area contributed by atoms with Crippen molar-refractivity contribution in [3.05, 3.63) is 78.1 Å². The molecule has 0 spiro atoms. The summed E-state index contributed by atoms with van der Waals surface area (Å²) in [5, 5.41) is 11.2. The molecule has 2 aromatic carbocycles. The summed E-state index contributed by atoms with van der Waals surface area (Å²) in [6.45, 7) is 0.842. The predicted octanol–water partition coefficient (Wildman–Crippen LogP) is 3.72. The molecule has 0 aliphatic carbocycles. The molecule has 1 heterocycles. The topological polar surface area (TPSA) is 57.0 Å². The number of hydrogen-bond acceptors (Lipinski definition) is 3. The molecular formula is C21H19N3O. The Bertz CT molecular complexity index is 900. The molecule has 1 aromatic heterocycles. The molecule has 0 fully saturated rings. The van der Waals surface area contributed by atoms with Crippen LogP contribution in [-0.2, 0) is 17.8 Å². The number of nitrogens with zero attached hydrogens (tertiary/aromatic N) is 3. The second-order valence-corrected chi connectivity index (χ2v) is 5.90. The van der Waals surface area contributed by atoms with Crippen LogP contribution >= 0.6 is 0 Å². The number of carbonyl (C=O) groups is 1. The van der Waals surface area contributed by atoms with Crippen molar-refractivity contribution in [2.45, 2.75) is 19.4 Å². The number of benzene rings is 2. The minimum Gasteiger partial charge on any atom is -0.335 e. The molecule has 0 aliphatic rings. The summed E-state index contributed by atoms with van der Waals surface area (Å²) in [7, 11) is 0. The number of rotatable bonds is 6. The summed E-state index contributed by atoms with van der Waals surface area (Å²) in [5.74, 6) is 0.0104. The standard InChI is InChI=1S/C21H19N3O/c22-11-5-13-24(16-20-8-3-4-12-23-20)21(25)15-17-9-10-18-6-1-2-7-19(18)14-17/h1-4,6-10,12,14H,5,13,15-16H2. The lowest BCUT2D eigenvalue weighted by Crippen LogP contribution is -2.33. The predicted molar refractivity (Wildman–Crippen MR) is 97.5 cm³/mol. The van der Waals surface area contributed by atoms with Crippen molar-refractivity contribution >= 4 is 16.7 Å². The SMILES string of the molecule is N#CCCN(Cc1ccccn1)C(=O)Cc1ccc2ccccc2c1. The maximum absolute atomic E-state index is 12.7. The molecule has 4 heteroatoms. The third-order valence-corrected chi connectivity index (χ3v) is 4.09. The number of nitriles is 1. The van der Waals surface area contributed by atoms with Gasteiger partial charge < -0.3 is 4.90 Å². The van der Waals surface area contributed by atoms with E-state index in [1.165, 1.54) is 0 Å². The first-order valence-electron chi connectivity index (χ1n) is 8.28. The fourth-order valence-electron chi connectivity index (χ4n) is 2.80. The largest absolute Gasteiger partial charge is 0.335 e. The molecule has 0 saturated heterocycles. The second kappa shape index (κ2) is 8.07. The Morgan fingerprint density at radius 1 is 1.04 bits per heavy atom. The van der Waals surface area contributed by atoms with E-state index in [1.807, 2.05) is 48.5 Å². The van der Waals surface area contributed by atoms with Crippen LogP contribution in [0.4, 0.5) is 0 Å². The summed E-state index contributed by atoms with van der Waals surface area (Å²) in [4.78, 5) is 18.7. The molecule has 1 amide bonds. The van der Waals surface area contributed by atoms with Gasteiger partial charge in [-0.25, -0.2) is 0 Å². The van der Waals surface area contributed by atoms with Gasteiger partial charge >= 0.3 is 0 Å². The smallest absolute Gasteiger partial charge is 0.227 e. The highest BCUT2D eigenvalue weighted by Gasteiger charge is 2.15. The average Bonchev–Trinajstić information content (AvgIpc) is 2.65. The Morgan fingerprint density at radius 3 is 2.60 bits per heavy atom. The van der Waals surface area contributed by atoms with Gasteiger partial charge in [0, 0.05) is 12.7 Å². The van der Waals surface area contributed by atoms with Gasteiger partial charge in [-0.2, -0.15) is 5.26 Å². The molecule has 0 bridgehead atoms. The van der Waals surface area contributed by atoms with E-state index >= 15 is 0 Å². The summed E-state index contributed by atoms with van der Waals surface area (Å²) in [6.07, 6.45) is 2.35. The number of pyridine rings is 1. The number of carbonyl (C=O) groups excluding carboxylic acids is 1. The fourth-order valence-corrected chi connectivity index (χ4v) is 2.80. The van der Waals surface area contributed by atoms with Crippen LogP contribution in [0.2, 0.25) is 0 Å². The van der Waals surface area contributed by atoms with Crippen molar-refractivity contribution in [1.82, 2.24) is 9.88 Å². The van der Waals surface area contributed by atoms with Crippen molar-refractivity contribution < 1.29 is 4.79 Å². The van der Waals surface area contributed by atoms with Gasteiger partial charge in [-0.05, 0) is 28.5 Å². The van der Waals surface area contributed by atoms with Gasteiger partial charge in [0.1, 0.15) is 0 Å². The molecule has 3 aromatic rings. The van der Waals surface area contributed by atoms with Crippen LogP contribution in [0.3, 0.4) is 0 Å². The lowest BCUT2D eigenvalue weighted by atomic mass is 10.0. The average molecular weight is 329 g/mol. The quantitative estimate of drug-likeness (QED) is 0.692. The van der Waals surface area contributed by atoms with Gasteiger partial charge in [0.25, 0.3) is 0 Å². The van der Waals surface area contributed by atoms with E-state index in [1.54, 1.807) is 11.1 Å². The number of amides is 1. The van der Waals surface area contributed by atoms with Crippen LogP contribution in [0.5, 0.6) is 0 Å². The van der Waals surface area contributed by atoms with Crippen molar-refractivity contribution in [3.63, 3.8) is 0 Å². The Morgan fingerprint density at radius 2 is 1.84 bits per heavy atom. The first kappa shape index (κ1) is 16.7. The van der Waals surface area contributed by atoms with E-state index in [0.717, 1.165) is 22.0 Å². The van der Waals surface area contributed by atoms with Crippen LogP contribution in [0.1, 0.15) is 17.7 Å². The number of hydrogen-bond donors (Lipinski definition) is 0. The van der Waals surface area contributed by atoms with Crippen LogP contribution in [0.15, 0.2) is 66.9 Å². The van der Waals surface area contributed by atoms with Gasteiger partial charge in [0.2, 0.25) is 5.91 Å². The molecule has 0 aliphatic heterocycles. The number of aromatic nitrogens is 1. The third kappa shape index (κ3) is 4.42. The van der Waals surface area contributed by atoms with Crippen LogP contribution in [0.25, 0.3) is 10.8 Å². The van der Waals surface area contributed by atoms with Crippen LogP contribution < -0.4 is 0 Å². The highest BCUT2D eigenvalue weighted by Crippen LogP contribution is 2.17. The van der Waals surface area contributed by atoms with Crippen molar-refractivity contribution in [1.29, 1.82) is 5.26 Å². The van der Waals surface area contributed by atoms with Gasteiger partial charge in [-0.15, -0.1) is 0 Å². The first-order valence-corrected chi connectivity index (χ1v) is 8.28. The lowest BCUT2D eigenvalue weighted by molar-refractivity contribution is -0.131. The minimum absolute atomic E-state index is 0.0104. The van der Waals surface area contributed by atoms with Gasteiger partial charge in [0.05, 0.1) is 31.1 Å². The van der Waals surface area contributed by atoms with Crippen molar-refractivity contribution in [2.24, 2.45) is 0 Å². The molecule has 0 atom stereocenters. The van der Waals surface area contributed by atoms with E-state index in [-0.39, 0.29) is 5.91 Å². The zero-order valence-corrected chi connectivity index (χ0v) is 13.9. The molecule has 124 valence electrons. The molecule has 4 nitrogen and oxygen atoms in total. The molecule has 25 heavy (non-hydrogen) atoms. The lowest BCUT2D eigenvalue weighted by Gasteiger charge is -2.21.